The van der Waals surface area contributed by atoms with E-state index >= 15 is 0 Å². The first-order valence-electron chi connectivity index (χ1n) is 8.63. The Labute approximate surface area is 157 Å². The lowest BCUT2D eigenvalue weighted by atomic mass is 10.2. The van der Waals surface area contributed by atoms with E-state index < -0.39 is 0 Å². The molecule has 3 aromatic rings. The van der Waals surface area contributed by atoms with E-state index in [1.54, 1.807) is 16.2 Å². The number of anilines is 1. The smallest absolute Gasteiger partial charge is 0.260 e. The first-order chi connectivity index (χ1) is 12.6. The Kier molecular flexibility index (Phi) is 5.85. The third kappa shape index (κ3) is 4.20. The Morgan fingerprint density at radius 3 is 2.46 bits per heavy atom. The van der Waals surface area contributed by atoms with E-state index in [0.29, 0.717) is 18.7 Å². The molecule has 0 aliphatic rings. The van der Waals surface area contributed by atoms with E-state index in [4.69, 9.17) is 4.74 Å². The van der Waals surface area contributed by atoms with Crippen LogP contribution in [0.2, 0.25) is 0 Å². The first-order valence-corrected chi connectivity index (χ1v) is 9.45. The van der Waals surface area contributed by atoms with Crippen LogP contribution in [0.25, 0.3) is 10.2 Å². The van der Waals surface area contributed by atoms with Crippen LogP contribution in [0.1, 0.15) is 17.3 Å². The van der Waals surface area contributed by atoms with Gasteiger partial charge in [0.1, 0.15) is 5.75 Å². The van der Waals surface area contributed by atoms with Gasteiger partial charge in [-0.3, -0.25) is 9.69 Å². The maximum absolute atomic E-state index is 13.1. The highest BCUT2D eigenvalue weighted by molar-refractivity contribution is 7.22. The van der Waals surface area contributed by atoms with E-state index in [1.807, 2.05) is 69.6 Å². The maximum Gasteiger partial charge on any atom is 0.260 e. The van der Waals surface area contributed by atoms with Gasteiger partial charge in [0, 0.05) is 18.7 Å². The molecule has 0 N–H and O–H groups in total. The van der Waals surface area contributed by atoms with Crippen LogP contribution in [0.15, 0.2) is 48.5 Å². The third-order valence-electron chi connectivity index (χ3n) is 3.94. The van der Waals surface area contributed by atoms with Gasteiger partial charge >= 0.3 is 0 Å². The summed E-state index contributed by atoms with van der Waals surface area (Å²) in [6.45, 7) is 3.89. The second kappa shape index (κ2) is 8.29. The molecule has 0 fully saturated rings. The minimum absolute atomic E-state index is 0.0473. The number of hydrogen-bond acceptors (Lipinski definition) is 5. The Balaban J connectivity index is 1.90. The van der Waals surface area contributed by atoms with Crippen LogP contribution < -0.4 is 9.64 Å². The molecule has 0 atom stereocenters. The highest BCUT2D eigenvalue weighted by Crippen LogP contribution is 2.29. The number of thiazole rings is 1. The average molecular weight is 369 g/mol. The summed E-state index contributed by atoms with van der Waals surface area (Å²) in [6, 6.07) is 15.2. The Morgan fingerprint density at radius 2 is 1.81 bits per heavy atom. The quantitative estimate of drug-likeness (QED) is 0.634. The molecule has 1 amide bonds. The van der Waals surface area contributed by atoms with Crippen molar-refractivity contribution in [2.24, 2.45) is 0 Å². The number of likely N-dealkylation sites (N-methyl/N-ethyl adjacent to an activating group) is 1. The lowest BCUT2D eigenvalue weighted by molar-refractivity contribution is 0.0985. The molecule has 1 heterocycles. The van der Waals surface area contributed by atoms with E-state index in [9.17, 15) is 4.79 Å². The van der Waals surface area contributed by atoms with Crippen molar-refractivity contribution < 1.29 is 9.53 Å². The minimum atomic E-state index is -0.0473. The molecule has 0 bridgehead atoms. The summed E-state index contributed by atoms with van der Waals surface area (Å²) in [6.07, 6.45) is 0. The number of para-hydroxylation sites is 1. The largest absolute Gasteiger partial charge is 0.494 e. The Hall–Kier alpha value is -2.44. The van der Waals surface area contributed by atoms with Gasteiger partial charge in [0.05, 0.1) is 16.8 Å². The van der Waals surface area contributed by atoms with Crippen molar-refractivity contribution in [1.29, 1.82) is 0 Å². The fourth-order valence-electron chi connectivity index (χ4n) is 2.58. The van der Waals surface area contributed by atoms with Crippen LogP contribution in [0.3, 0.4) is 0 Å². The van der Waals surface area contributed by atoms with E-state index in [-0.39, 0.29) is 5.91 Å². The summed E-state index contributed by atoms with van der Waals surface area (Å²) < 4.78 is 6.54. The van der Waals surface area contributed by atoms with Crippen molar-refractivity contribution in [3.8, 4) is 5.75 Å². The van der Waals surface area contributed by atoms with Crippen LogP contribution in [-0.4, -0.2) is 49.6 Å². The molecule has 1 aromatic heterocycles. The Morgan fingerprint density at radius 1 is 1.08 bits per heavy atom. The number of nitrogens with zero attached hydrogens (tertiary/aromatic N) is 3. The number of carbonyl (C=O) groups excluding carboxylic acids is 1. The topological polar surface area (TPSA) is 45.7 Å². The van der Waals surface area contributed by atoms with Crippen molar-refractivity contribution >= 4 is 32.6 Å². The number of amides is 1. The van der Waals surface area contributed by atoms with Crippen LogP contribution in [0.4, 0.5) is 5.13 Å². The van der Waals surface area contributed by atoms with Crippen molar-refractivity contribution in [3.63, 3.8) is 0 Å². The molecule has 0 aliphatic carbocycles. The molecule has 0 saturated heterocycles. The summed E-state index contributed by atoms with van der Waals surface area (Å²) in [5.74, 6) is 0.720. The molecule has 26 heavy (non-hydrogen) atoms. The molecular weight excluding hydrogens is 346 g/mol. The van der Waals surface area contributed by atoms with Crippen LogP contribution in [0.5, 0.6) is 5.75 Å². The van der Waals surface area contributed by atoms with E-state index in [1.165, 1.54) is 0 Å². The number of benzene rings is 2. The number of ether oxygens (including phenoxy) is 1. The second-order valence-electron chi connectivity index (χ2n) is 6.18. The lowest BCUT2D eigenvalue weighted by Crippen LogP contribution is -2.36. The number of carbonyl (C=O) groups is 1. The predicted molar refractivity (Wildman–Crippen MR) is 107 cm³/mol. The predicted octanol–water partition coefficient (Wildman–Crippen LogP) is 3.90. The van der Waals surface area contributed by atoms with E-state index in [0.717, 1.165) is 27.6 Å². The highest BCUT2D eigenvalue weighted by atomic mass is 32.1. The summed E-state index contributed by atoms with van der Waals surface area (Å²) in [5, 5.41) is 0.729. The van der Waals surface area contributed by atoms with Gasteiger partial charge in [0.25, 0.3) is 5.91 Å². The van der Waals surface area contributed by atoms with E-state index in [2.05, 4.69) is 9.88 Å². The lowest BCUT2D eigenvalue weighted by Gasteiger charge is -2.22. The van der Waals surface area contributed by atoms with Gasteiger partial charge in [-0.2, -0.15) is 0 Å². The Bertz CT molecular complexity index is 841. The van der Waals surface area contributed by atoms with Gasteiger partial charge in [-0.15, -0.1) is 0 Å². The first kappa shape index (κ1) is 18.4. The van der Waals surface area contributed by atoms with Crippen LogP contribution in [-0.2, 0) is 0 Å². The second-order valence-corrected chi connectivity index (χ2v) is 7.19. The van der Waals surface area contributed by atoms with Gasteiger partial charge in [0.15, 0.2) is 5.13 Å². The molecule has 2 aromatic carbocycles. The number of aromatic nitrogens is 1. The summed E-state index contributed by atoms with van der Waals surface area (Å²) in [7, 11) is 4.00. The molecule has 0 saturated carbocycles. The van der Waals surface area contributed by atoms with Gasteiger partial charge in [-0.25, -0.2) is 4.98 Å². The molecule has 5 nitrogen and oxygen atoms in total. The van der Waals surface area contributed by atoms with Gasteiger partial charge in [-0.1, -0.05) is 23.5 Å². The number of rotatable bonds is 7. The fourth-order valence-corrected chi connectivity index (χ4v) is 3.57. The fraction of sp³-hybridized carbons (Fsp3) is 0.300. The van der Waals surface area contributed by atoms with Gasteiger partial charge in [0.2, 0.25) is 0 Å². The summed E-state index contributed by atoms with van der Waals surface area (Å²) >= 11 is 1.54. The zero-order valence-corrected chi connectivity index (χ0v) is 16.1. The van der Waals surface area contributed by atoms with Crippen molar-refractivity contribution in [1.82, 2.24) is 9.88 Å². The van der Waals surface area contributed by atoms with Crippen molar-refractivity contribution in [3.05, 3.63) is 54.1 Å². The zero-order valence-electron chi connectivity index (χ0n) is 15.3. The number of hydrogen-bond donors (Lipinski definition) is 0. The summed E-state index contributed by atoms with van der Waals surface area (Å²) in [4.78, 5) is 21.6. The van der Waals surface area contributed by atoms with Crippen LogP contribution in [0, 0.1) is 0 Å². The molecule has 0 radical (unpaired) electrons. The molecule has 6 heteroatoms. The van der Waals surface area contributed by atoms with Crippen molar-refractivity contribution in [2.45, 2.75) is 6.92 Å². The molecular formula is C20H23N3O2S. The zero-order chi connectivity index (χ0) is 18.5. The minimum Gasteiger partial charge on any atom is -0.494 e. The third-order valence-corrected chi connectivity index (χ3v) is 5.00. The molecule has 0 spiro atoms. The maximum atomic E-state index is 13.1. The SMILES string of the molecule is CCOc1ccc(C(=O)N(CCN(C)C)c2nc3ccccc3s2)cc1. The monoisotopic (exact) mass is 369 g/mol. The normalized spacial score (nSPS) is 11.1. The average Bonchev–Trinajstić information content (AvgIpc) is 3.06. The molecule has 136 valence electrons. The highest BCUT2D eigenvalue weighted by Gasteiger charge is 2.21. The summed E-state index contributed by atoms with van der Waals surface area (Å²) in [5.41, 5.74) is 1.55. The molecule has 3 rings (SSSR count). The molecule has 0 unspecified atom stereocenters. The molecule has 0 aliphatic heterocycles. The van der Waals surface area contributed by atoms with Crippen molar-refractivity contribution in [2.75, 3.05) is 38.7 Å². The van der Waals surface area contributed by atoms with Crippen LogP contribution >= 0.6 is 11.3 Å². The van der Waals surface area contributed by atoms with Gasteiger partial charge < -0.3 is 9.64 Å². The van der Waals surface area contributed by atoms with Gasteiger partial charge in [-0.05, 0) is 57.4 Å². The number of fused-ring (bicyclic) bond motifs is 1. The standard InChI is InChI=1S/C20H23N3O2S/c1-4-25-16-11-9-15(10-12-16)19(24)23(14-13-22(2)3)20-21-17-7-5-6-8-18(17)26-20/h5-12H,4,13-14H2,1-3H3.